The zero-order valence-electron chi connectivity index (χ0n) is 14.4. The van der Waals surface area contributed by atoms with E-state index in [-0.39, 0.29) is 6.42 Å². The van der Waals surface area contributed by atoms with Crippen molar-refractivity contribution in [3.05, 3.63) is 42.5 Å². The van der Waals surface area contributed by atoms with Crippen molar-refractivity contribution in [1.82, 2.24) is 0 Å². The molecule has 0 unspecified atom stereocenters. The van der Waals surface area contributed by atoms with Gasteiger partial charge in [0.1, 0.15) is 25.4 Å². The van der Waals surface area contributed by atoms with Gasteiger partial charge in [-0.3, -0.25) is 9.59 Å². The fourth-order valence-corrected chi connectivity index (χ4v) is 2.48. The Morgan fingerprint density at radius 2 is 1.54 bits per heavy atom. The lowest BCUT2D eigenvalue weighted by Gasteiger charge is -2.19. The van der Waals surface area contributed by atoms with E-state index in [1.54, 1.807) is 42.5 Å². The number of amides is 2. The van der Waals surface area contributed by atoms with E-state index in [0.29, 0.717) is 42.7 Å². The van der Waals surface area contributed by atoms with Crippen LogP contribution < -0.4 is 24.8 Å². The van der Waals surface area contributed by atoms with Gasteiger partial charge in [0.15, 0.2) is 11.5 Å². The molecule has 3 rings (SSSR count). The summed E-state index contributed by atoms with van der Waals surface area (Å²) < 4.78 is 16.2. The summed E-state index contributed by atoms with van der Waals surface area (Å²) in [7, 11) is 0. The van der Waals surface area contributed by atoms with Gasteiger partial charge < -0.3 is 24.8 Å². The minimum absolute atomic E-state index is 0.290. The first-order chi connectivity index (χ1) is 12.6. The normalized spacial score (nSPS) is 12.2. The largest absolute Gasteiger partial charge is 0.494 e. The average Bonchev–Trinajstić information content (AvgIpc) is 2.63. The zero-order valence-corrected chi connectivity index (χ0v) is 14.4. The summed E-state index contributed by atoms with van der Waals surface area (Å²) in [6, 6.07) is 12.1. The number of carbonyl (C=O) groups excluding carboxylic acids is 2. The second-order valence-corrected chi connectivity index (χ2v) is 5.59. The molecule has 2 N–H and O–H groups in total. The van der Waals surface area contributed by atoms with E-state index in [2.05, 4.69) is 10.6 Å². The predicted octanol–water partition coefficient (Wildman–Crippen LogP) is 2.82. The Labute approximate surface area is 151 Å². The molecule has 26 heavy (non-hydrogen) atoms. The van der Waals surface area contributed by atoms with Gasteiger partial charge in [-0.15, -0.1) is 0 Å². The molecule has 0 radical (unpaired) electrons. The highest BCUT2D eigenvalue weighted by Gasteiger charge is 2.14. The summed E-state index contributed by atoms with van der Waals surface area (Å²) in [6.07, 6.45) is -0.290. The summed E-state index contributed by atoms with van der Waals surface area (Å²) in [5.41, 5.74) is 1.15. The topological polar surface area (TPSA) is 85.9 Å². The van der Waals surface area contributed by atoms with Crippen LogP contribution in [-0.2, 0) is 9.59 Å². The summed E-state index contributed by atoms with van der Waals surface area (Å²) >= 11 is 0. The Kier molecular flexibility index (Phi) is 5.58. The van der Waals surface area contributed by atoms with Crippen LogP contribution in [0.25, 0.3) is 0 Å². The third-order valence-corrected chi connectivity index (χ3v) is 3.60. The minimum Gasteiger partial charge on any atom is -0.494 e. The van der Waals surface area contributed by atoms with E-state index < -0.39 is 11.8 Å². The summed E-state index contributed by atoms with van der Waals surface area (Å²) in [5.74, 6) is 1.13. The van der Waals surface area contributed by atoms with Crippen LogP contribution in [0, 0.1) is 0 Å². The number of hydrogen-bond donors (Lipinski definition) is 2. The number of rotatable bonds is 6. The van der Waals surface area contributed by atoms with Gasteiger partial charge in [0.2, 0.25) is 11.8 Å². The molecule has 7 heteroatoms. The lowest BCUT2D eigenvalue weighted by atomic mass is 10.2. The molecular weight excluding hydrogens is 336 g/mol. The molecule has 0 saturated heterocycles. The van der Waals surface area contributed by atoms with Crippen molar-refractivity contribution in [2.24, 2.45) is 0 Å². The second-order valence-electron chi connectivity index (χ2n) is 5.59. The maximum absolute atomic E-state index is 12.1. The van der Waals surface area contributed by atoms with Gasteiger partial charge in [-0.25, -0.2) is 0 Å². The van der Waals surface area contributed by atoms with Crippen LogP contribution >= 0.6 is 0 Å². The number of nitrogens with one attached hydrogen (secondary N) is 2. The Hall–Kier alpha value is -3.22. The fraction of sp³-hybridized carbons (Fsp3) is 0.263. The number of anilines is 2. The molecule has 0 atom stereocenters. The molecule has 1 aliphatic rings. The summed E-state index contributed by atoms with van der Waals surface area (Å²) in [4.78, 5) is 24.1. The number of ether oxygens (including phenoxy) is 3. The van der Waals surface area contributed by atoms with Crippen LogP contribution in [0.2, 0.25) is 0 Å². The Bertz CT molecular complexity index is 789. The van der Waals surface area contributed by atoms with E-state index in [4.69, 9.17) is 14.2 Å². The molecule has 0 aromatic heterocycles. The third-order valence-electron chi connectivity index (χ3n) is 3.60. The lowest BCUT2D eigenvalue weighted by molar-refractivity contribution is -0.123. The van der Waals surface area contributed by atoms with Crippen molar-refractivity contribution in [3.8, 4) is 17.2 Å². The first-order valence-corrected chi connectivity index (χ1v) is 8.36. The maximum Gasteiger partial charge on any atom is 0.233 e. The number of hydrogen-bond acceptors (Lipinski definition) is 5. The van der Waals surface area contributed by atoms with E-state index in [1.165, 1.54) is 0 Å². The quantitative estimate of drug-likeness (QED) is 0.778. The van der Waals surface area contributed by atoms with E-state index >= 15 is 0 Å². The first-order valence-electron chi connectivity index (χ1n) is 8.36. The van der Waals surface area contributed by atoms with Crippen molar-refractivity contribution in [3.63, 3.8) is 0 Å². The van der Waals surface area contributed by atoms with E-state index in [1.807, 2.05) is 6.92 Å². The standard InChI is InChI=1S/C19H20N2O5/c1-2-24-15-6-3-13(4-7-15)20-18(22)12-19(23)21-14-5-8-16-17(11-14)26-10-9-25-16/h3-8,11H,2,9-10,12H2,1H3,(H,20,22)(H,21,23). The van der Waals surface area contributed by atoms with Crippen LogP contribution in [0.1, 0.15) is 13.3 Å². The van der Waals surface area contributed by atoms with Gasteiger partial charge in [-0.1, -0.05) is 0 Å². The van der Waals surface area contributed by atoms with E-state index in [0.717, 1.165) is 5.75 Å². The molecule has 2 aromatic rings. The van der Waals surface area contributed by atoms with Crippen molar-refractivity contribution in [2.75, 3.05) is 30.5 Å². The predicted molar refractivity (Wildman–Crippen MR) is 96.9 cm³/mol. The van der Waals surface area contributed by atoms with Crippen molar-refractivity contribution in [1.29, 1.82) is 0 Å². The number of benzene rings is 2. The molecule has 1 heterocycles. The van der Waals surface area contributed by atoms with Gasteiger partial charge in [-0.2, -0.15) is 0 Å². The molecule has 0 spiro atoms. The van der Waals surface area contributed by atoms with Gasteiger partial charge in [0.05, 0.1) is 6.61 Å². The molecule has 1 aliphatic heterocycles. The highest BCUT2D eigenvalue weighted by Crippen LogP contribution is 2.32. The average molecular weight is 356 g/mol. The Morgan fingerprint density at radius 3 is 2.23 bits per heavy atom. The maximum atomic E-state index is 12.1. The zero-order chi connectivity index (χ0) is 18.4. The van der Waals surface area contributed by atoms with Crippen molar-refractivity contribution in [2.45, 2.75) is 13.3 Å². The smallest absolute Gasteiger partial charge is 0.233 e. The van der Waals surface area contributed by atoms with Crippen LogP contribution in [-0.4, -0.2) is 31.6 Å². The van der Waals surface area contributed by atoms with Crippen molar-refractivity contribution >= 4 is 23.2 Å². The highest BCUT2D eigenvalue weighted by molar-refractivity contribution is 6.08. The van der Waals surface area contributed by atoms with Gasteiger partial charge in [-0.05, 0) is 43.3 Å². The first kappa shape index (κ1) is 17.6. The van der Waals surface area contributed by atoms with Crippen LogP contribution in [0.3, 0.4) is 0 Å². The molecular formula is C19H20N2O5. The number of carbonyl (C=O) groups is 2. The summed E-state index contributed by atoms with van der Waals surface area (Å²) in [6.45, 7) is 3.45. The molecule has 0 saturated carbocycles. The van der Waals surface area contributed by atoms with E-state index in [9.17, 15) is 9.59 Å². The van der Waals surface area contributed by atoms with Gasteiger partial charge >= 0.3 is 0 Å². The molecule has 0 aliphatic carbocycles. The summed E-state index contributed by atoms with van der Waals surface area (Å²) in [5, 5.41) is 5.36. The van der Waals surface area contributed by atoms with Gasteiger partial charge in [0, 0.05) is 17.4 Å². The Balaban J connectivity index is 1.52. The SMILES string of the molecule is CCOc1ccc(NC(=O)CC(=O)Nc2ccc3c(c2)OCCO3)cc1. The van der Waals surface area contributed by atoms with Crippen LogP contribution in [0.15, 0.2) is 42.5 Å². The molecule has 2 amide bonds. The fourth-order valence-electron chi connectivity index (χ4n) is 2.48. The monoisotopic (exact) mass is 356 g/mol. The molecule has 0 fully saturated rings. The lowest BCUT2D eigenvalue weighted by Crippen LogP contribution is -2.21. The van der Waals surface area contributed by atoms with Crippen LogP contribution in [0.4, 0.5) is 11.4 Å². The Morgan fingerprint density at radius 1 is 0.923 bits per heavy atom. The molecule has 2 aromatic carbocycles. The molecule has 7 nitrogen and oxygen atoms in total. The van der Waals surface area contributed by atoms with Gasteiger partial charge in [0.25, 0.3) is 0 Å². The number of fused-ring (bicyclic) bond motifs is 1. The van der Waals surface area contributed by atoms with Crippen LogP contribution in [0.5, 0.6) is 17.2 Å². The third kappa shape index (κ3) is 4.66. The minimum atomic E-state index is -0.412. The molecule has 136 valence electrons. The second kappa shape index (κ2) is 8.24. The highest BCUT2D eigenvalue weighted by atomic mass is 16.6. The molecule has 0 bridgehead atoms. The van der Waals surface area contributed by atoms with Crippen molar-refractivity contribution < 1.29 is 23.8 Å².